The molecule has 0 amide bonds. The van der Waals surface area contributed by atoms with Gasteiger partial charge in [0.25, 0.3) is 0 Å². The van der Waals surface area contributed by atoms with E-state index in [0.717, 1.165) is 17.3 Å². The number of benzene rings is 1. The van der Waals surface area contributed by atoms with Crippen LogP contribution in [-0.2, 0) is 0 Å². The molecule has 2 atom stereocenters. The highest BCUT2D eigenvalue weighted by atomic mass is 79.9. The van der Waals surface area contributed by atoms with Gasteiger partial charge in [-0.2, -0.15) is 0 Å². The van der Waals surface area contributed by atoms with Gasteiger partial charge in [-0.15, -0.1) is 0 Å². The highest BCUT2D eigenvalue weighted by molar-refractivity contribution is 9.10. The Kier molecular flexibility index (Phi) is 5.63. The van der Waals surface area contributed by atoms with Crippen molar-refractivity contribution in [3.05, 3.63) is 33.8 Å². The fourth-order valence-corrected chi connectivity index (χ4v) is 2.46. The molecule has 2 nitrogen and oxygen atoms in total. The van der Waals surface area contributed by atoms with Gasteiger partial charge in [0.2, 0.25) is 0 Å². The smallest absolute Gasteiger partial charge is 0.0345 e. The van der Waals surface area contributed by atoms with Gasteiger partial charge in [-0.25, -0.2) is 0 Å². The standard InChI is InChI=1S/C14H23BrN2/c1-10-5-7-12(15)9-13(10)14(17(3)4)8-6-11(2)16/h5,7,9,11,14H,6,8,16H2,1-4H3. The van der Waals surface area contributed by atoms with Crippen LogP contribution in [0.25, 0.3) is 0 Å². The Balaban J connectivity index is 2.92. The van der Waals surface area contributed by atoms with Crippen LogP contribution in [0.15, 0.2) is 22.7 Å². The molecule has 0 aromatic heterocycles. The molecule has 3 heteroatoms. The highest BCUT2D eigenvalue weighted by Crippen LogP contribution is 2.29. The molecule has 0 spiro atoms. The van der Waals surface area contributed by atoms with Crippen molar-refractivity contribution in [2.24, 2.45) is 5.73 Å². The Morgan fingerprint density at radius 3 is 2.47 bits per heavy atom. The number of nitrogens with two attached hydrogens (primary N) is 1. The van der Waals surface area contributed by atoms with Crippen LogP contribution >= 0.6 is 15.9 Å². The van der Waals surface area contributed by atoms with Crippen LogP contribution in [0.2, 0.25) is 0 Å². The van der Waals surface area contributed by atoms with Crippen molar-refractivity contribution in [2.75, 3.05) is 14.1 Å². The molecule has 0 heterocycles. The molecular weight excluding hydrogens is 276 g/mol. The van der Waals surface area contributed by atoms with Crippen molar-refractivity contribution >= 4 is 15.9 Å². The maximum Gasteiger partial charge on any atom is 0.0345 e. The number of hydrogen-bond donors (Lipinski definition) is 1. The summed E-state index contributed by atoms with van der Waals surface area (Å²) in [5.41, 5.74) is 8.60. The molecule has 2 N–H and O–H groups in total. The summed E-state index contributed by atoms with van der Waals surface area (Å²) in [4.78, 5) is 2.27. The normalized spacial score (nSPS) is 15.0. The van der Waals surface area contributed by atoms with Gasteiger partial charge >= 0.3 is 0 Å². The lowest BCUT2D eigenvalue weighted by Gasteiger charge is -2.27. The van der Waals surface area contributed by atoms with Gasteiger partial charge in [0, 0.05) is 16.6 Å². The molecule has 2 unspecified atom stereocenters. The molecule has 0 radical (unpaired) electrons. The predicted octanol–water partition coefficient (Wildman–Crippen LogP) is 3.49. The van der Waals surface area contributed by atoms with E-state index in [4.69, 9.17) is 5.73 Å². The van der Waals surface area contributed by atoms with Gasteiger partial charge in [0.15, 0.2) is 0 Å². The third-order valence-electron chi connectivity index (χ3n) is 3.12. The third-order valence-corrected chi connectivity index (χ3v) is 3.61. The Hall–Kier alpha value is -0.380. The Labute approximate surface area is 113 Å². The number of halogens is 1. The van der Waals surface area contributed by atoms with E-state index < -0.39 is 0 Å². The summed E-state index contributed by atoms with van der Waals surface area (Å²) < 4.78 is 1.14. The summed E-state index contributed by atoms with van der Waals surface area (Å²) >= 11 is 3.55. The Morgan fingerprint density at radius 1 is 1.29 bits per heavy atom. The average molecular weight is 299 g/mol. The van der Waals surface area contributed by atoms with Gasteiger partial charge in [0.05, 0.1) is 0 Å². The summed E-state index contributed by atoms with van der Waals surface area (Å²) in [5.74, 6) is 0. The van der Waals surface area contributed by atoms with Crippen molar-refractivity contribution < 1.29 is 0 Å². The lowest BCUT2D eigenvalue weighted by molar-refractivity contribution is 0.274. The van der Waals surface area contributed by atoms with E-state index in [2.05, 4.69) is 67.0 Å². The number of nitrogens with zero attached hydrogens (tertiary/aromatic N) is 1. The predicted molar refractivity (Wildman–Crippen MR) is 78.2 cm³/mol. The molecular formula is C14H23BrN2. The molecule has 0 fully saturated rings. The van der Waals surface area contributed by atoms with Crippen LogP contribution in [0.3, 0.4) is 0 Å². The first-order valence-electron chi connectivity index (χ1n) is 6.10. The van der Waals surface area contributed by atoms with Crippen LogP contribution in [0.4, 0.5) is 0 Å². The van der Waals surface area contributed by atoms with Crippen LogP contribution in [-0.4, -0.2) is 25.0 Å². The lowest BCUT2D eigenvalue weighted by Crippen LogP contribution is -2.24. The molecule has 0 aliphatic rings. The number of aryl methyl sites for hydroxylation is 1. The highest BCUT2D eigenvalue weighted by Gasteiger charge is 2.16. The van der Waals surface area contributed by atoms with Crippen LogP contribution in [0.1, 0.15) is 36.9 Å². The average Bonchev–Trinajstić information content (AvgIpc) is 2.22. The molecule has 0 saturated heterocycles. The van der Waals surface area contributed by atoms with Gasteiger partial charge in [-0.05, 0) is 64.0 Å². The van der Waals surface area contributed by atoms with E-state index in [9.17, 15) is 0 Å². The van der Waals surface area contributed by atoms with Gasteiger partial charge in [-0.1, -0.05) is 22.0 Å². The van der Waals surface area contributed by atoms with Crippen LogP contribution in [0, 0.1) is 6.92 Å². The SMILES string of the molecule is Cc1ccc(Br)cc1C(CCC(C)N)N(C)C. The topological polar surface area (TPSA) is 29.3 Å². The van der Waals surface area contributed by atoms with E-state index in [1.54, 1.807) is 0 Å². The Morgan fingerprint density at radius 2 is 1.94 bits per heavy atom. The molecule has 1 rings (SSSR count). The molecule has 0 aliphatic heterocycles. The third kappa shape index (κ3) is 4.41. The zero-order valence-electron chi connectivity index (χ0n) is 11.2. The number of hydrogen-bond acceptors (Lipinski definition) is 2. The van der Waals surface area contributed by atoms with Crippen molar-refractivity contribution in [3.63, 3.8) is 0 Å². The molecule has 0 saturated carbocycles. The summed E-state index contributed by atoms with van der Waals surface area (Å²) in [6.45, 7) is 4.24. The van der Waals surface area contributed by atoms with Gasteiger partial charge in [-0.3, -0.25) is 0 Å². The maximum atomic E-state index is 5.86. The summed E-state index contributed by atoms with van der Waals surface area (Å²) in [6, 6.07) is 7.20. The molecule has 96 valence electrons. The quantitative estimate of drug-likeness (QED) is 0.902. The molecule has 17 heavy (non-hydrogen) atoms. The minimum Gasteiger partial charge on any atom is -0.328 e. The van der Waals surface area contributed by atoms with E-state index in [0.29, 0.717) is 6.04 Å². The second-order valence-corrected chi connectivity index (χ2v) is 5.95. The maximum absolute atomic E-state index is 5.86. The molecule has 0 aliphatic carbocycles. The van der Waals surface area contributed by atoms with Crippen molar-refractivity contribution in [3.8, 4) is 0 Å². The van der Waals surface area contributed by atoms with E-state index >= 15 is 0 Å². The largest absolute Gasteiger partial charge is 0.328 e. The lowest BCUT2D eigenvalue weighted by atomic mass is 9.95. The van der Waals surface area contributed by atoms with Crippen LogP contribution < -0.4 is 5.73 Å². The molecule has 1 aromatic rings. The summed E-state index contributed by atoms with van der Waals surface area (Å²) in [7, 11) is 4.26. The van der Waals surface area contributed by atoms with Gasteiger partial charge in [0.1, 0.15) is 0 Å². The molecule has 0 bridgehead atoms. The van der Waals surface area contributed by atoms with E-state index in [1.807, 2.05) is 0 Å². The van der Waals surface area contributed by atoms with Crippen molar-refractivity contribution in [1.82, 2.24) is 4.90 Å². The van der Waals surface area contributed by atoms with E-state index in [1.165, 1.54) is 11.1 Å². The van der Waals surface area contributed by atoms with Crippen molar-refractivity contribution in [1.29, 1.82) is 0 Å². The molecule has 1 aromatic carbocycles. The first-order valence-corrected chi connectivity index (χ1v) is 6.89. The monoisotopic (exact) mass is 298 g/mol. The summed E-state index contributed by atoms with van der Waals surface area (Å²) in [6.07, 6.45) is 2.15. The first-order chi connectivity index (χ1) is 7.91. The first kappa shape index (κ1) is 14.7. The van der Waals surface area contributed by atoms with Crippen molar-refractivity contribution in [2.45, 2.75) is 38.8 Å². The fourth-order valence-electron chi connectivity index (χ4n) is 2.08. The fraction of sp³-hybridized carbons (Fsp3) is 0.571. The second kappa shape index (κ2) is 6.53. The summed E-state index contributed by atoms with van der Waals surface area (Å²) in [5, 5.41) is 0. The minimum atomic E-state index is 0.268. The zero-order valence-corrected chi connectivity index (χ0v) is 12.8. The van der Waals surface area contributed by atoms with Crippen LogP contribution in [0.5, 0.6) is 0 Å². The minimum absolute atomic E-state index is 0.268. The second-order valence-electron chi connectivity index (χ2n) is 5.03. The Bertz CT molecular complexity index is 361. The van der Waals surface area contributed by atoms with E-state index in [-0.39, 0.29) is 6.04 Å². The number of rotatable bonds is 5. The zero-order chi connectivity index (χ0) is 13.0. The van der Waals surface area contributed by atoms with Gasteiger partial charge < -0.3 is 10.6 Å².